The fourth-order valence-corrected chi connectivity index (χ4v) is 3.43. The number of rotatable bonds is 6. The number of nitrogens with zero attached hydrogens (tertiary/aromatic N) is 1. The number of carbonyl (C=O) groups is 1. The summed E-state index contributed by atoms with van der Waals surface area (Å²) < 4.78 is 0. The SMILES string of the molecule is O=C(CC1C=CCC1)Nc1ccc(SCc2cccnc2)cc1. The van der Waals surface area contributed by atoms with E-state index in [1.54, 1.807) is 18.0 Å². The minimum absolute atomic E-state index is 0.0947. The van der Waals surface area contributed by atoms with E-state index in [4.69, 9.17) is 0 Å². The van der Waals surface area contributed by atoms with Crippen molar-refractivity contribution in [1.82, 2.24) is 4.98 Å². The smallest absolute Gasteiger partial charge is 0.224 e. The third-order valence-electron chi connectivity index (χ3n) is 3.83. The Bertz CT molecular complexity index is 668. The van der Waals surface area contributed by atoms with Gasteiger partial charge in [0.2, 0.25) is 5.91 Å². The average molecular weight is 324 g/mol. The number of thioether (sulfide) groups is 1. The van der Waals surface area contributed by atoms with Gasteiger partial charge in [-0.3, -0.25) is 9.78 Å². The summed E-state index contributed by atoms with van der Waals surface area (Å²) in [5.41, 5.74) is 2.07. The Morgan fingerprint density at radius 3 is 2.83 bits per heavy atom. The molecule has 1 aliphatic carbocycles. The molecule has 23 heavy (non-hydrogen) atoms. The van der Waals surface area contributed by atoms with Crippen molar-refractivity contribution < 1.29 is 4.79 Å². The van der Waals surface area contributed by atoms with Gasteiger partial charge in [0.15, 0.2) is 0 Å². The van der Waals surface area contributed by atoms with E-state index in [-0.39, 0.29) is 5.91 Å². The first-order chi connectivity index (χ1) is 11.3. The number of pyridine rings is 1. The van der Waals surface area contributed by atoms with E-state index in [9.17, 15) is 4.79 Å². The van der Waals surface area contributed by atoms with Crippen LogP contribution < -0.4 is 5.32 Å². The van der Waals surface area contributed by atoms with Crippen molar-refractivity contribution in [3.05, 3.63) is 66.5 Å². The normalized spacial score (nSPS) is 16.4. The quantitative estimate of drug-likeness (QED) is 0.620. The molecule has 1 N–H and O–H groups in total. The number of nitrogens with one attached hydrogen (secondary N) is 1. The molecule has 118 valence electrons. The molecule has 0 radical (unpaired) electrons. The molecule has 1 atom stereocenters. The second-order valence-electron chi connectivity index (χ2n) is 5.69. The lowest BCUT2D eigenvalue weighted by molar-refractivity contribution is -0.116. The standard InChI is InChI=1S/C19H20N2OS/c22-19(12-15-4-1-2-5-15)21-17-7-9-18(10-8-17)23-14-16-6-3-11-20-13-16/h1,3-4,6-11,13,15H,2,5,12,14H2,(H,21,22). The molecule has 0 fully saturated rings. The monoisotopic (exact) mass is 324 g/mol. The first kappa shape index (κ1) is 15.8. The highest BCUT2D eigenvalue weighted by Gasteiger charge is 2.13. The van der Waals surface area contributed by atoms with Gasteiger partial charge < -0.3 is 5.32 Å². The van der Waals surface area contributed by atoms with Gasteiger partial charge >= 0.3 is 0 Å². The fraction of sp³-hybridized carbons (Fsp3) is 0.263. The molecule has 0 bridgehead atoms. The summed E-state index contributed by atoms with van der Waals surface area (Å²) in [6, 6.07) is 12.1. The summed E-state index contributed by atoms with van der Waals surface area (Å²) in [5, 5.41) is 2.98. The maximum atomic E-state index is 12.0. The zero-order chi connectivity index (χ0) is 15.9. The molecule has 0 saturated heterocycles. The molecular weight excluding hydrogens is 304 g/mol. The van der Waals surface area contributed by atoms with Crippen molar-refractivity contribution in [1.29, 1.82) is 0 Å². The number of hydrogen-bond acceptors (Lipinski definition) is 3. The first-order valence-electron chi connectivity index (χ1n) is 7.88. The molecule has 4 heteroatoms. The Hall–Kier alpha value is -2.07. The zero-order valence-electron chi connectivity index (χ0n) is 12.9. The molecule has 1 heterocycles. The van der Waals surface area contributed by atoms with Gasteiger partial charge in [-0.25, -0.2) is 0 Å². The molecule has 1 amide bonds. The molecule has 3 nitrogen and oxygen atoms in total. The second-order valence-corrected chi connectivity index (χ2v) is 6.74. The number of aromatic nitrogens is 1. The molecule has 0 saturated carbocycles. The van der Waals surface area contributed by atoms with Crippen LogP contribution in [-0.2, 0) is 10.5 Å². The van der Waals surface area contributed by atoms with E-state index >= 15 is 0 Å². The minimum Gasteiger partial charge on any atom is -0.326 e. The van der Waals surface area contributed by atoms with E-state index in [2.05, 4.69) is 28.5 Å². The summed E-state index contributed by atoms with van der Waals surface area (Å²) >= 11 is 1.77. The number of hydrogen-bond donors (Lipinski definition) is 1. The molecule has 0 spiro atoms. The van der Waals surface area contributed by atoms with E-state index < -0.39 is 0 Å². The summed E-state index contributed by atoms with van der Waals surface area (Å²) in [7, 11) is 0. The van der Waals surface area contributed by atoms with Gasteiger partial charge in [0.1, 0.15) is 0 Å². The van der Waals surface area contributed by atoms with Gasteiger partial charge in [-0.15, -0.1) is 11.8 Å². The first-order valence-corrected chi connectivity index (χ1v) is 8.86. The van der Waals surface area contributed by atoms with Crippen molar-refractivity contribution in [2.75, 3.05) is 5.32 Å². The number of anilines is 1. The second kappa shape index (κ2) is 7.97. The number of benzene rings is 1. The van der Waals surface area contributed by atoms with E-state index in [0.717, 1.165) is 24.3 Å². The van der Waals surface area contributed by atoms with E-state index in [1.807, 2.05) is 36.5 Å². The zero-order valence-corrected chi connectivity index (χ0v) is 13.8. The highest BCUT2D eigenvalue weighted by molar-refractivity contribution is 7.98. The average Bonchev–Trinajstić information content (AvgIpc) is 3.08. The minimum atomic E-state index is 0.0947. The summed E-state index contributed by atoms with van der Waals surface area (Å²) in [6.45, 7) is 0. The van der Waals surface area contributed by atoms with Crippen LogP contribution in [0.4, 0.5) is 5.69 Å². The Kier molecular flexibility index (Phi) is 5.48. The lowest BCUT2D eigenvalue weighted by Gasteiger charge is -2.09. The molecule has 2 aromatic rings. The van der Waals surface area contributed by atoms with Gasteiger partial charge in [-0.05, 0) is 54.7 Å². The van der Waals surface area contributed by atoms with Gasteiger partial charge in [0.05, 0.1) is 0 Å². The van der Waals surface area contributed by atoms with Crippen LogP contribution >= 0.6 is 11.8 Å². The van der Waals surface area contributed by atoms with Gasteiger partial charge in [0.25, 0.3) is 0 Å². The number of allylic oxidation sites excluding steroid dienone is 2. The van der Waals surface area contributed by atoms with Crippen LogP contribution in [-0.4, -0.2) is 10.9 Å². The maximum Gasteiger partial charge on any atom is 0.224 e. The van der Waals surface area contributed by atoms with Crippen LogP contribution in [0.2, 0.25) is 0 Å². The number of carbonyl (C=O) groups excluding carboxylic acids is 1. The molecular formula is C19H20N2OS. The van der Waals surface area contributed by atoms with Crippen LogP contribution in [0, 0.1) is 5.92 Å². The van der Waals surface area contributed by atoms with Crippen LogP contribution in [0.3, 0.4) is 0 Å². The van der Waals surface area contributed by atoms with Crippen LogP contribution in [0.25, 0.3) is 0 Å². The molecule has 1 unspecified atom stereocenters. The van der Waals surface area contributed by atoms with Crippen molar-refractivity contribution in [3.8, 4) is 0 Å². The molecule has 3 rings (SSSR count). The third-order valence-corrected chi connectivity index (χ3v) is 4.91. The number of amides is 1. The topological polar surface area (TPSA) is 42.0 Å². The van der Waals surface area contributed by atoms with Crippen molar-refractivity contribution in [2.45, 2.75) is 29.9 Å². The van der Waals surface area contributed by atoms with E-state index in [0.29, 0.717) is 12.3 Å². The molecule has 1 aromatic carbocycles. The Labute approximate surface area is 141 Å². The van der Waals surface area contributed by atoms with Crippen LogP contribution in [0.5, 0.6) is 0 Å². The van der Waals surface area contributed by atoms with Crippen LogP contribution in [0.1, 0.15) is 24.8 Å². The Morgan fingerprint density at radius 1 is 1.26 bits per heavy atom. The lowest BCUT2D eigenvalue weighted by atomic mass is 10.1. The molecule has 1 aliphatic rings. The highest BCUT2D eigenvalue weighted by atomic mass is 32.2. The summed E-state index contributed by atoms with van der Waals surface area (Å²) in [5.74, 6) is 1.40. The van der Waals surface area contributed by atoms with Crippen molar-refractivity contribution in [3.63, 3.8) is 0 Å². The third kappa shape index (κ3) is 4.96. The predicted octanol–water partition coefficient (Wildman–Crippen LogP) is 4.67. The maximum absolute atomic E-state index is 12.0. The van der Waals surface area contributed by atoms with Gasteiger partial charge in [-0.1, -0.05) is 18.2 Å². The molecule has 0 aliphatic heterocycles. The summed E-state index contributed by atoms with van der Waals surface area (Å²) in [4.78, 5) is 17.3. The van der Waals surface area contributed by atoms with Crippen molar-refractivity contribution >= 4 is 23.4 Å². The largest absolute Gasteiger partial charge is 0.326 e. The fourth-order valence-electron chi connectivity index (χ4n) is 2.60. The van der Waals surface area contributed by atoms with Crippen molar-refractivity contribution in [2.24, 2.45) is 5.92 Å². The lowest BCUT2D eigenvalue weighted by Crippen LogP contribution is -2.14. The Balaban J connectivity index is 1.48. The summed E-state index contributed by atoms with van der Waals surface area (Å²) in [6.07, 6.45) is 10.8. The molecule has 1 aromatic heterocycles. The van der Waals surface area contributed by atoms with Gasteiger partial charge in [-0.2, -0.15) is 0 Å². The highest BCUT2D eigenvalue weighted by Crippen LogP contribution is 2.25. The predicted molar refractivity (Wildman–Crippen MR) is 95.4 cm³/mol. The Morgan fingerprint density at radius 2 is 2.13 bits per heavy atom. The van der Waals surface area contributed by atoms with Crippen LogP contribution in [0.15, 0.2) is 65.8 Å². The van der Waals surface area contributed by atoms with Gasteiger partial charge in [0, 0.05) is 35.2 Å². The van der Waals surface area contributed by atoms with E-state index in [1.165, 1.54) is 10.5 Å².